The lowest BCUT2D eigenvalue weighted by Crippen LogP contribution is -2.50. The number of amides is 4. The highest BCUT2D eigenvalue weighted by Gasteiger charge is 2.38. The fourth-order valence-electron chi connectivity index (χ4n) is 7.02. The van der Waals surface area contributed by atoms with Gasteiger partial charge in [-0.2, -0.15) is 18.4 Å². The Hall–Kier alpha value is -6.28. The standard InChI is InChI=1S/C42H56N10O5.C2HF3O2/c1-7-51(8-2)24-23-44-38(53)36-22-21-34(27(3)46-36)30-13-9-28(10-14-30)25-35(43)40(55)52(33-19-17-31(18-20-33)37-47-49-50-48-37)39(54)32-15-11-29(12-16-32)26-45-41(56)57-42(4,5)6;3-2(4,5)1(6)7/h9-10,13-14,17-22,29,32,35H,7-8,11-12,15-16,23-26,43H2,1-6H3,(H,44,53)(H,45,56)(H,47,48,49,50);(H,6,7)/t29-,32-,35-;/m0./s1. The van der Waals surface area contributed by atoms with Gasteiger partial charge in [-0.25, -0.2) is 19.5 Å². The Bertz CT molecular complexity index is 2170. The lowest BCUT2D eigenvalue weighted by molar-refractivity contribution is -0.192. The van der Waals surface area contributed by atoms with E-state index in [9.17, 15) is 32.3 Å². The summed E-state index contributed by atoms with van der Waals surface area (Å²) in [6.07, 6.45) is -2.78. The minimum Gasteiger partial charge on any atom is -0.475 e. The quantitative estimate of drug-likeness (QED) is 0.0964. The number of likely N-dealkylation sites (N-methyl/N-ethyl adjacent to an activating group) is 1. The van der Waals surface area contributed by atoms with Crippen LogP contribution in [0.25, 0.3) is 22.5 Å². The number of nitrogens with zero attached hydrogens (tertiary/aromatic N) is 6. The molecule has 2 heterocycles. The van der Waals surface area contributed by atoms with Gasteiger partial charge in [0, 0.05) is 42.4 Å². The van der Waals surface area contributed by atoms with Crippen LogP contribution in [0.1, 0.15) is 82.0 Å². The third-order valence-corrected chi connectivity index (χ3v) is 10.5. The van der Waals surface area contributed by atoms with Gasteiger partial charge in [0.15, 0.2) is 0 Å². The Morgan fingerprint density at radius 1 is 0.906 bits per heavy atom. The van der Waals surface area contributed by atoms with Crippen LogP contribution in [0, 0.1) is 18.8 Å². The SMILES string of the molecule is CCN(CC)CCNC(=O)c1ccc(-c2ccc(C[C@H](N)C(=O)N(c3ccc(-c4nn[nH]n4)cc3)C(=O)[C@H]3CC[C@H](CNC(=O)OC(C)(C)C)CC3)cc2)c(C)n1.O=C(O)C(F)(F)F. The molecule has 20 heteroatoms. The van der Waals surface area contributed by atoms with Gasteiger partial charge in [-0.05, 0) is 125 Å². The number of aryl methyl sites for hydroxylation is 1. The largest absolute Gasteiger partial charge is 0.490 e. The monoisotopic (exact) mass is 894 g/mol. The summed E-state index contributed by atoms with van der Waals surface area (Å²) in [7, 11) is 0. The van der Waals surface area contributed by atoms with E-state index in [1.807, 2.05) is 58.0 Å². The summed E-state index contributed by atoms with van der Waals surface area (Å²) in [5, 5.41) is 27.0. The van der Waals surface area contributed by atoms with E-state index in [1.54, 1.807) is 30.3 Å². The maximum atomic E-state index is 14.2. The van der Waals surface area contributed by atoms with Crippen molar-refractivity contribution in [1.29, 1.82) is 0 Å². The molecule has 4 amide bonds. The molecule has 1 fully saturated rings. The van der Waals surface area contributed by atoms with Gasteiger partial charge in [-0.3, -0.25) is 14.4 Å². The molecule has 1 aliphatic rings. The Morgan fingerprint density at radius 2 is 1.52 bits per heavy atom. The van der Waals surface area contributed by atoms with Crippen LogP contribution in [0.15, 0.2) is 60.7 Å². The second kappa shape index (κ2) is 22.9. The number of carboxylic acids is 1. The third-order valence-electron chi connectivity index (χ3n) is 10.5. The number of imide groups is 1. The molecule has 1 atom stereocenters. The van der Waals surface area contributed by atoms with E-state index >= 15 is 0 Å². The molecule has 0 spiro atoms. The highest BCUT2D eigenvalue weighted by atomic mass is 19.4. The molecule has 1 saturated carbocycles. The molecule has 1 aliphatic carbocycles. The normalized spacial score (nSPS) is 15.6. The average Bonchev–Trinajstić information content (AvgIpc) is 3.80. The van der Waals surface area contributed by atoms with Gasteiger partial charge >= 0.3 is 18.2 Å². The van der Waals surface area contributed by atoms with Crippen LogP contribution in [0.3, 0.4) is 0 Å². The molecule has 0 unspecified atom stereocenters. The van der Waals surface area contributed by atoms with Gasteiger partial charge in [-0.15, -0.1) is 10.2 Å². The van der Waals surface area contributed by atoms with Crippen molar-refractivity contribution in [2.75, 3.05) is 37.6 Å². The minimum absolute atomic E-state index is 0.190. The van der Waals surface area contributed by atoms with E-state index < -0.39 is 41.7 Å². The number of aromatic nitrogens is 5. The van der Waals surface area contributed by atoms with Crippen LogP contribution >= 0.6 is 0 Å². The molecule has 2 aromatic carbocycles. The first-order valence-electron chi connectivity index (χ1n) is 21.0. The number of H-pyrrole nitrogens is 1. The van der Waals surface area contributed by atoms with Crippen LogP contribution in [-0.2, 0) is 25.5 Å². The highest BCUT2D eigenvalue weighted by molar-refractivity contribution is 6.17. The molecule has 4 aromatic rings. The molecule has 5 rings (SSSR count). The van der Waals surface area contributed by atoms with E-state index in [0.717, 1.165) is 42.0 Å². The highest BCUT2D eigenvalue weighted by Crippen LogP contribution is 2.32. The van der Waals surface area contributed by atoms with Gasteiger partial charge in [0.25, 0.3) is 11.8 Å². The minimum atomic E-state index is -5.08. The number of halogens is 3. The van der Waals surface area contributed by atoms with Crippen molar-refractivity contribution in [1.82, 2.24) is 41.1 Å². The first-order chi connectivity index (χ1) is 30.2. The Labute approximate surface area is 369 Å². The molecule has 6 N–H and O–H groups in total. The number of pyridine rings is 1. The van der Waals surface area contributed by atoms with Gasteiger partial charge in [0.1, 0.15) is 11.3 Å². The van der Waals surface area contributed by atoms with Crippen molar-refractivity contribution in [2.24, 2.45) is 17.6 Å². The number of hydrogen-bond donors (Lipinski definition) is 5. The molecule has 0 bridgehead atoms. The first-order valence-corrected chi connectivity index (χ1v) is 21.0. The van der Waals surface area contributed by atoms with E-state index in [1.165, 1.54) is 4.90 Å². The number of aromatic amines is 1. The molecule has 0 saturated heterocycles. The maximum Gasteiger partial charge on any atom is 0.490 e. The predicted molar refractivity (Wildman–Crippen MR) is 232 cm³/mol. The van der Waals surface area contributed by atoms with Crippen molar-refractivity contribution in [3.8, 4) is 22.5 Å². The number of alkyl carbamates (subject to hydrolysis) is 1. The van der Waals surface area contributed by atoms with Crippen LogP contribution < -0.4 is 21.3 Å². The smallest absolute Gasteiger partial charge is 0.475 e. The summed E-state index contributed by atoms with van der Waals surface area (Å²) >= 11 is 0. The molecular formula is C44H57F3N10O7. The Kier molecular flexibility index (Phi) is 18.0. The van der Waals surface area contributed by atoms with Gasteiger partial charge in [0.05, 0.1) is 11.7 Å². The summed E-state index contributed by atoms with van der Waals surface area (Å²) in [5.41, 5.74) is 10.8. The lowest BCUT2D eigenvalue weighted by atomic mass is 9.81. The maximum absolute atomic E-state index is 14.2. The summed E-state index contributed by atoms with van der Waals surface area (Å²) in [4.78, 5) is 70.3. The van der Waals surface area contributed by atoms with Crippen molar-refractivity contribution in [3.63, 3.8) is 0 Å². The third kappa shape index (κ3) is 14.9. The number of aliphatic carboxylic acids is 1. The number of nitrogens with one attached hydrogen (secondary N) is 3. The van der Waals surface area contributed by atoms with Crippen molar-refractivity contribution in [2.45, 2.75) is 91.5 Å². The lowest BCUT2D eigenvalue weighted by Gasteiger charge is -2.32. The van der Waals surface area contributed by atoms with Crippen molar-refractivity contribution < 1.29 is 47.0 Å². The second-order valence-corrected chi connectivity index (χ2v) is 16.3. The number of carbonyl (C=O) groups excluding carboxylic acids is 4. The van der Waals surface area contributed by atoms with E-state index in [2.05, 4.69) is 55.0 Å². The van der Waals surface area contributed by atoms with Crippen LogP contribution in [0.2, 0.25) is 0 Å². The summed E-state index contributed by atoms with van der Waals surface area (Å²) < 4.78 is 37.1. The summed E-state index contributed by atoms with van der Waals surface area (Å²) in [5.74, 6) is -3.59. The number of carbonyl (C=O) groups is 5. The molecule has 64 heavy (non-hydrogen) atoms. The van der Waals surface area contributed by atoms with Crippen molar-refractivity contribution >= 4 is 35.5 Å². The van der Waals surface area contributed by atoms with E-state index in [0.29, 0.717) is 61.5 Å². The fourth-order valence-corrected chi connectivity index (χ4v) is 7.02. The zero-order valence-electron chi connectivity index (χ0n) is 36.9. The van der Waals surface area contributed by atoms with Crippen molar-refractivity contribution in [3.05, 3.63) is 77.6 Å². The molecule has 346 valence electrons. The number of ether oxygens (including phenoxy) is 1. The summed E-state index contributed by atoms with van der Waals surface area (Å²) in [6.45, 7) is 15.1. The average molecular weight is 895 g/mol. The van der Waals surface area contributed by atoms with Gasteiger partial charge < -0.3 is 31.1 Å². The first kappa shape index (κ1) is 50.4. The number of carboxylic acid groups (broad SMARTS) is 1. The molecule has 17 nitrogen and oxygen atoms in total. The number of rotatable bonds is 15. The van der Waals surface area contributed by atoms with Gasteiger partial charge in [0.2, 0.25) is 11.7 Å². The zero-order valence-corrected chi connectivity index (χ0v) is 36.9. The fraction of sp³-hybridized carbons (Fsp3) is 0.477. The topological polar surface area (TPSA) is 239 Å². The number of benzene rings is 2. The number of tetrazole rings is 1. The number of anilines is 1. The molecule has 0 aliphatic heterocycles. The molecule has 2 aromatic heterocycles. The molecule has 0 radical (unpaired) electrons. The van der Waals surface area contributed by atoms with E-state index in [-0.39, 0.29) is 24.2 Å². The zero-order chi connectivity index (χ0) is 47.2. The summed E-state index contributed by atoms with van der Waals surface area (Å²) in [6, 6.07) is 17.2. The number of nitrogens with two attached hydrogens (primary N) is 1. The number of hydrogen-bond acceptors (Lipinski definition) is 12. The van der Waals surface area contributed by atoms with Gasteiger partial charge in [-0.1, -0.05) is 44.2 Å². The van der Waals surface area contributed by atoms with Crippen LogP contribution in [-0.4, -0.2) is 116 Å². The van der Waals surface area contributed by atoms with Crippen LogP contribution in [0.4, 0.5) is 23.7 Å². The second-order valence-electron chi connectivity index (χ2n) is 16.3. The Morgan fingerprint density at radius 3 is 2.05 bits per heavy atom. The van der Waals surface area contributed by atoms with E-state index in [4.69, 9.17) is 20.4 Å². The molecular weight excluding hydrogens is 838 g/mol. The Balaban J connectivity index is 0.00000118. The van der Waals surface area contributed by atoms with Crippen LogP contribution in [0.5, 0.6) is 0 Å². The number of alkyl halides is 3. The predicted octanol–water partition coefficient (Wildman–Crippen LogP) is 5.70.